The minimum Gasteiger partial charge on any atom is -0.382 e. The smallest absolute Gasteiger partial charge is 0.0383 e. The van der Waals surface area contributed by atoms with Crippen LogP contribution in [0.1, 0.15) is 56.9 Å². The lowest BCUT2D eigenvalue weighted by Crippen LogP contribution is -2.31. The molecule has 2 heteroatoms. The number of rotatable bonds is 2. The summed E-state index contributed by atoms with van der Waals surface area (Å²) in [4.78, 5) is 0. The average molecular weight is 322 g/mol. The number of benzene rings is 1. The van der Waals surface area contributed by atoms with Crippen LogP contribution in [0, 0.1) is 12.3 Å². The second-order valence-electron chi connectivity index (χ2n) is 6.58. The van der Waals surface area contributed by atoms with Crippen LogP contribution in [-0.4, -0.2) is 6.04 Å². The van der Waals surface area contributed by atoms with E-state index in [0.717, 1.165) is 5.41 Å². The van der Waals surface area contributed by atoms with Gasteiger partial charge in [0, 0.05) is 16.2 Å². The van der Waals surface area contributed by atoms with E-state index in [9.17, 15) is 0 Å². The first-order valence-electron chi connectivity index (χ1n) is 7.70. The van der Waals surface area contributed by atoms with Crippen molar-refractivity contribution in [3.63, 3.8) is 0 Å². The van der Waals surface area contributed by atoms with Crippen LogP contribution in [0.25, 0.3) is 0 Å². The lowest BCUT2D eigenvalue weighted by molar-refractivity contribution is 0.188. The summed E-state index contributed by atoms with van der Waals surface area (Å²) in [7, 11) is 0. The molecule has 2 saturated carbocycles. The average Bonchev–Trinajstić information content (AvgIpc) is 2.85. The van der Waals surface area contributed by atoms with Gasteiger partial charge in [-0.2, -0.15) is 0 Å². The predicted octanol–water partition coefficient (Wildman–Crippen LogP) is 5.67. The molecular formula is C17H24BrN. The molecule has 1 nitrogen and oxygen atoms in total. The molecule has 104 valence electrons. The Morgan fingerprint density at radius 2 is 1.79 bits per heavy atom. The molecule has 0 heterocycles. The van der Waals surface area contributed by atoms with Crippen LogP contribution in [0.15, 0.2) is 22.7 Å². The second kappa shape index (κ2) is 5.47. The van der Waals surface area contributed by atoms with Gasteiger partial charge in [-0.1, -0.05) is 34.8 Å². The minimum atomic E-state index is 0.680. The summed E-state index contributed by atoms with van der Waals surface area (Å²) in [6.07, 6.45) is 11.5. The van der Waals surface area contributed by atoms with E-state index in [1.807, 2.05) is 0 Å². The molecule has 0 aliphatic heterocycles. The van der Waals surface area contributed by atoms with Crippen LogP contribution in [0.5, 0.6) is 0 Å². The first-order valence-corrected chi connectivity index (χ1v) is 8.49. The number of anilines is 1. The van der Waals surface area contributed by atoms with Crippen molar-refractivity contribution in [2.75, 3.05) is 5.32 Å². The predicted molar refractivity (Wildman–Crippen MR) is 85.7 cm³/mol. The van der Waals surface area contributed by atoms with E-state index in [1.165, 1.54) is 67.1 Å². The molecular weight excluding hydrogens is 298 g/mol. The van der Waals surface area contributed by atoms with Gasteiger partial charge in [0.15, 0.2) is 0 Å². The molecule has 1 spiro atoms. The number of nitrogens with one attached hydrogen (secondary N) is 1. The Morgan fingerprint density at radius 1 is 1.11 bits per heavy atom. The van der Waals surface area contributed by atoms with Crippen LogP contribution < -0.4 is 5.32 Å². The number of hydrogen-bond donors (Lipinski definition) is 1. The van der Waals surface area contributed by atoms with E-state index < -0.39 is 0 Å². The number of hydrogen-bond acceptors (Lipinski definition) is 1. The highest BCUT2D eigenvalue weighted by atomic mass is 79.9. The van der Waals surface area contributed by atoms with Gasteiger partial charge in [0.25, 0.3) is 0 Å². The lowest BCUT2D eigenvalue weighted by atomic mass is 9.71. The molecule has 0 amide bonds. The van der Waals surface area contributed by atoms with Gasteiger partial charge in [0.1, 0.15) is 0 Å². The van der Waals surface area contributed by atoms with E-state index in [0.29, 0.717) is 6.04 Å². The molecule has 1 N–H and O–H groups in total. The topological polar surface area (TPSA) is 12.0 Å². The summed E-state index contributed by atoms with van der Waals surface area (Å²) in [6.45, 7) is 2.19. The fourth-order valence-corrected chi connectivity index (χ4v) is 4.33. The monoisotopic (exact) mass is 321 g/mol. The number of aryl methyl sites for hydroxylation is 1. The summed E-state index contributed by atoms with van der Waals surface area (Å²) in [5, 5.41) is 3.77. The molecule has 3 rings (SSSR count). The van der Waals surface area contributed by atoms with Crippen molar-refractivity contribution in [2.24, 2.45) is 5.41 Å². The Labute approximate surface area is 125 Å². The van der Waals surface area contributed by atoms with E-state index in [4.69, 9.17) is 0 Å². The molecule has 0 atom stereocenters. The van der Waals surface area contributed by atoms with Gasteiger partial charge in [-0.25, -0.2) is 0 Å². The maximum absolute atomic E-state index is 3.77. The lowest BCUT2D eigenvalue weighted by Gasteiger charge is -2.38. The molecule has 0 aromatic heterocycles. The van der Waals surface area contributed by atoms with E-state index in [2.05, 4.69) is 46.4 Å². The molecule has 1 aromatic carbocycles. The Bertz CT molecular complexity index is 439. The normalized spacial score (nSPS) is 22.8. The van der Waals surface area contributed by atoms with Crippen molar-refractivity contribution >= 4 is 21.6 Å². The Hall–Kier alpha value is -0.500. The third-order valence-corrected chi connectivity index (χ3v) is 5.76. The van der Waals surface area contributed by atoms with Gasteiger partial charge in [-0.3, -0.25) is 0 Å². The molecule has 2 aliphatic carbocycles. The first kappa shape index (κ1) is 13.5. The van der Waals surface area contributed by atoms with Crippen LogP contribution in [-0.2, 0) is 0 Å². The van der Waals surface area contributed by atoms with Gasteiger partial charge in [0.05, 0.1) is 0 Å². The maximum atomic E-state index is 3.77. The molecule has 2 aliphatic rings. The molecule has 0 bridgehead atoms. The first-order chi connectivity index (χ1) is 9.17. The van der Waals surface area contributed by atoms with Gasteiger partial charge in [-0.05, 0) is 68.6 Å². The summed E-state index contributed by atoms with van der Waals surface area (Å²) < 4.78 is 1.17. The quantitative estimate of drug-likeness (QED) is 0.739. The highest BCUT2D eigenvalue weighted by Crippen LogP contribution is 2.49. The van der Waals surface area contributed by atoms with E-state index >= 15 is 0 Å². The molecule has 0 radical (unpaired) electrons. The van der Waals surface area contributed by atoms with Crippen LogP contribution in [0.4, 0.5) is 5.69 Å². The summed E-state index contributed by atoms with van der Waals surface area (Å²) in [5.74, 6) is 0. The minimum absolute atomic E-state index is 0.680. The van der Waals surface area contributed by atoms with Crippen molar-refractivity contribution in [3.8, 4) is 0 Å². The highest BCUT2D eigenvalue weighted by molar-refractivity contribution is 9.10. The van der Waals surface area contributed by atoms with Crippen LogP contribution in [0.3, 0.4) is 0 Å². The summed E-state index contributed by atoms with van der Waals surface area (Å²) in [5.41, 5.74) is 3.40. The summed E-state index contributed by atoms with van der Waals surface area (Å²) in [6, 6.07) is 7.21. The van der Waals surface area contributed by atoms with Crippen molar-refractivity contribution in [1.82, 2.24) is 0 Å². The van der Waals surface area contributed by atoms with Crippen molar-refractivity contribution < 1.29 is 0 Å². The summed E-state index contributed by atoms with van der Waals surface area (Å²) >= 11 is 3.57. The third-order valence-electron chi connectivity index (χ3n) is 5.27. The zero-order valence-corrected chi connectivity index (χ0v) is 13.4. The Balaban J connectivity index is 1.61. The Kier molecular flexibility index (Phi) is 3.88. The maximum Gasteiger partial charge on any atom is 0.0383 e. The fourth-order valence-electron chi connectivity index (χ4n) is 3.97. The molecule has 2 fully saturated rings. The van der Waals surface area contributed by atoms with Crippen LogP contribution >= 0.6 is 15.9 Å². The van der Waals surface area contributed by atoms with Gasteiger partial charge < -0.3 is 5.32 Å². The van der Waals surface area contributed by atoms with Gasteiger partial charge in [0.2, 0.25) is 0 Å². The second-order valence-corrected chi connectivity index (χ2v) is 7.50. The third kappa shape index (κ3) is 2.99. The van der Waals surface area contributed by atoms with Crippen molar-refractivity contribution in [1.29, 1.82) is 0 Å². The Morgan fingerprint density at radius 3 is 2.47 bits per heavy atom. The molecule has 19 heavy (non-hydrogen) atoms. The van der Waals surface area contributed by atoms with Crippen LogP contribution in [0.2, 0.25) is 0 Å². The zero-order chi connectivity index (χ0) is 13.3. The fraction of sp³-hybridized carbons (Fsp3) is 0.647. The molecule has 1 aromatic rings. The molecule has 0 saturated heterocycles. The molecule has 0 unspecified atom stereocenters. The SMILES string of the molecule is Cc1ccc(Br)cc1NC1CCC2(CCCC2)CC1. The van der Waals surface area contributed by atoms with Gasteiger partial charge in [-0.15, -0.1) is 0 Å². The highest BCUT2D eigenvalue weighted by Gasteiger charge is 2.37. The van der Waals surface area contributed by atoms with E-state index in [-0.39, 0.29) is 0 Å². The number of halogens is 1. The van der Waals surface area contributed by atoms with Crippen molar-refractivity contribution in [3.05, 3.63) is 28.2 Å². The largest absolute Gasteiger partial charge is 0.382 e. The zero-order valence-electron chi connectivity index (χ0n) is 11.8. The van der Waals surface area contributed by atoms with E-state index in [1.54, 1.807) is 0 Å². The van der Waals surface area contributed by atoms with Gasteiger partial charge >= 0.3 is 0 Å². The van der Waals surface area contributed by atoms with Crippen molar-refractivity contribution in [2.45, 2.75) is 64.3 Å². The standard InChI is InChI=1S/C17H24BrN/c1-13-4-5-14(18)12-16(13)19-15-6-10-17(11-7-15)8-2-3-9-17/h4-5,12,15,19H,2-3,6-11H2,1H3.